The van der Waals surface area contributed by atoms with Crippen LogP contribution in [0.1, 0.15) is 35.7 Å². The third kappa shape index (κ3) is 4.37. The summed E-state index contributed by atoms with van der Waals surface area (Å²) < 4.78 is 30.3. The Kier molecular flexibility index (Phi) is 5.75. The lowest BCUT2D eigenvalue weighted by molar-refractivity contribution is -0.0498. The van der Waals surface area contributed by atoms with Gasteiger partial charge < -0.3 is 20.9 Å². The number of primary amides is 1. The van der Waals surface area contributed by atoms with Crippen LogP contribution in [0, 0.1) is 17.2 Å². The molecule has 0 bridgehead atoms. The molecule has 0 aliphatic heterocycles. The van der Waals surface area contributed by atoms with Crippen LogP contribution >= 0.6 is 0 Å². The normalized spacial score (nSPS) is 21.9. The summed E-state index contributed by atoms with van der Waals surface area (Å²) >= 11 is 0. The van der Waals surface area contributed by atoms with Gasteiger partial charge in [-0.2, -0.15) is 19.1 Å². The standard InChI is InChI=1S/C18H19F2N5O3/c19-18(20)28-13-4-1-11(2-5-13)23-17-14(16(22)27)9-25(24-17)15-6-3-12(26)7-10(15)8-21/h1-2,4-5,9-10,12,15,18,26H,3,6-7H2,(H2,22,27)(H,23,24). The number of nitrogens with zero attached hydrogens (tertiary/aromatic N) is 3. The number of carbonyl (C=O) groups excluding carboxylic acids is 1. The van der Waals surface area contributed by atoms with Crippen molar-refractivity contribution in [2.45, 2.75) is 38.0 Å². The number of alkyl halides is 2. The Balaban J connectivity index is 1.83. The van der Waals surface area contributed by atoms with Crippen molar-refractivity contribution < 1.29 is 23.4 Å². The Hall–Kier alpha value is -3.19. The Morgan fingerprint density at radius 3 is 2.71 bits per heavy atom. The molecular weight excluding hydrogens is 372 g/mol. The molecule has 1 fully saturated rings. The quantitative estimate of drug-likeness (QED) is 0.695. The van der Waals surface area contributed by atoms with Gasteiger partial charge >= 0.3 is 6.61 Å². The minimum absolute atomic E-state index is 0.00108. The van der Waals surface area contributed by atoms with Gasteiger partial charge in [0.05, 0.1) is 24.1 Å². The number of hydrogen-bond donors (Lipinski definition) is 3. The van der Waals surface area contributed by atoms with E-state index in [1.807, 2.05) is 0 Å². The number of benzene rings is 1. The van der Waals surface area contributed by atoms with E-state index in [4.69, 9.17) is 5.73 Å². The number of ether oxygens (including phenoxy) is 1. The predicted molar refractivity (Wildman–Crippen MR) is 95.1 cm³/mol. The van der Waals surface area contributed by atoms with Gasteiger partial charge in [-0.15, -0.1) is 0 Å². The Labute approximate surface area is 159 Å². The lowest BCUT2D eigenvalue weighted by Gasteiger charge is -2.30. The summed E-state index contributed by atoms with van der Waals surface area (Å²) in [5, 5.41) is 26.4. The molecule has 10 heteroatoms. The summed E-state index contributed by atoms with van der Waals surface area (Å²) in [5.41, 5.74) is 6.06. The molecule has 3 unspecified atom stereocenters. The molecular formula is C18H19F2N5O3. The van der Waals surface area contributed by atoms with E-state index in [9.17, 15) is 23.9 Å². The Morgan fingerprint density at radius 1 is 1.39 bits per heavy atom. The molecule has 1 aromatic carbocycles. The van der Waals surface area contributed by atoms with Crippen LogP contribution in [0.25, 0.3) is 0 Å². The molecule has 1 aliphatic rings. The SMILES string of the molecule is N#CC1CC(O)CCC1n1cc(C(N)=O)c(Nc2ccc(OC(F)F)cc2)n1. The van der Waals surface area contributed by atoms with Crippen LogP contribution in [-0.4, -0.2) is 33.5 Å². The van der Waals surface area contributed by atoms with Gasteiger partial charge in [0.2, 0.25) is 0 Å². The monoisotopic (exact) mass is 391 g/mol. The first-order valence-corrected chi connectivity index (χ1v) is 8.66. The van der Waals surface area contributed by atoms with Crippen LogP contribution in [-0.2, 0) is 0 Å². The van der Waals surface area contributed by atoms with Crippen LogP contribution in [0.15, 0.2) is 30.5 Å². The molecule has 0 radical (unpaired) electrons. The fourth-order valence-corrected chi connectivity index (χ4v) is 3.28. The van der Waals surface area contributed by atoms with Crippen molar-refractivity contribution in [3.05, 3.63) is 36.0 Å². The van der Waals surface area contributed by atoms with Crippen molar-refractivity contribution in [2.75, 3.05) is 5.32 Å². The smallest absolute Gasteiger partial charge is 0.387 e. The molecule has 0 spiro atoms. The van der Waals surface area contributed by atoms with Crippen molar-refractivity contribution >= 4 is 17.4 Å². The van der Waals surface area contributed by atoms with Gasteiger partial charge in [0.1, 0.15) is 11.3 Å². The Bertz CT molecular complexity index is 878. The Morgan fingerprint density at radius 2 is 2.11 bits per heavy atom. The van der Waals surface area contributed by atoms with E-state index in [-0.39, 0.29) is 23.2 Å². The van der Waals surface area contributed by atoms with Crippen molar-refractivity contribution in [1.29, 1.82) is 5.26 Å². The number of carbonyl (C=O) groups is 1. The second-order valence-corrected chi connectivity index (χ2v) is 6.53. The number of nitrogens with two attached hydrogens (primary N) is 1. The van der Waals surface area contributed by atoms with Crippen LogP contribution in [0.5, 0.6) is 5.75 Å². The average Bonchev–Trinajstić information content (AvgIpc) is 3.06. The van der Waals surface area contributed by atoms with Gasteiger partial charge in [-0.1, -0.05) is 0 Å². The summed E-state index contributed by atoms with van der Waals surface area (Å²) in [6, 6.07) is 7.59. The van der Waals surface area contributed by atoms with Crippen molar-refractivity contribution in [2.24, 2.45) is 11.7 Å². The highest BCUT2D eigenvalue weighted by Gasteiger charge is 2.32. The van der Waals surface area contributed by atoms with Crippen molar-refractivity contribution in [1.82, 2.24) is 9.78 Å². The van der Waals surface area contributed by atoms with Gasteiger partial charge in [0.15, 0.2) is 5.82 Å². The van der Waals surface area contributed by atoms with Gasteiger partial charge in [0.25, 0.3) is 5.91 Å². The van der Waals surface area contributed by atoms with Gasteiger partial charge in [0, 0.05) is 11.9 Å². The van der Waals surface area contributed by atoms with Gasteiger partial charge in [-0.3, -0.25) is 9.48 Å². The topological polar surface area (TPSA) is 126 Å². The first-order chi connectivity index (χ1) is 13.4. The molecule has 148 valence electrons. The minimum Gasteiger partial charge on any atom is -0.435 e. The lowest BCUT2D eigenvalue weighted by atomic mass is 9.84. The second-order valence-electron chi connectivity index (χ2n) is 6.53. The molecule has 2 aromatic rings. The zero-order valence-electron chi connectivity index (χ0n) is 14.8. The average molecular weight is 391 g/mol. The first-order valence-electron chi connectivity index (χ1n) is 8.66. The van der Waals surface area contributed by atoms with Crippen LogP contribution < -0.4 is 15.8 Å². The molecule has 1 saturated carbocycles. The number of halogens is 2. The van der Waals surface area contributed by atoms with Crippen LogP contribution in [0.4, 0.5) is 20.3 Å². The summed E-state index contributed by atoms with van der Waals surface area (Å²) in [5.74, 6) is -0.949. The molecule has 1 heterocycles. The van der Waals surface area contributed by atoms with E-state index in [1.54, 1.807) is 0 Å². The predicted octanol–water partition coefficient (Wildman–Crippen LogP) is 2.55. The minimum atomic E-state index is -2.92. The highest BCUT2D eigenvalue weighted by Crippen LogP contribution is 2.34. The molecule has 8 nitrogen and oxygen atoms in total. The first kappa shape index (κ1) is 19.6. The third-order valence-electron chi connectivity index (χ3n) is 4.63. The second kappa shape index (κ2) is 8.22. The molecule has 1 aromatic heterocycles. The number of rotatable bonds is 6. The number of aliphatic hydroxyl groups is 1. The van der Waals surface area contributed by atoms with E-state index in [2.05, 4.69) is 21.2 Å². The molecule has 28 heavy (non-hydrogen) atoms. The zero-order chi connectivity index (χ0) is 20.3. The third-order valence-corrected chi connectivity index (χ3v) is 4.63. The summed E-state index contributed by atoms with van der Waals surface area (Å²) in [7, 11) is 0. The van der Waals surface area contributed by atoms with E-state index >= 15 is 0 Å². The van der Waals surface area contributed by atoms with Crippen molar-refractivity contribution in [3.8, 4) is 11.8 Å². The highest BCUT2D eigenvalue weighted by atomic mass is 19.3. The number of amides is 1. The number of aromatic nitrogens is 2. The number of nitriles is 1. The van der Waals surface area contributed by atoms with E-state index in [0.29, 0.717) is 24.9 Å². The van der Waals surface area contributed by atoms with Crippen LogP contribution in [0.2, 0.25) is 0 Å². The van der Waals surface area contributed by atoms with Crippen LogP contribution in [0.3, 0.4) is 0 Å². The summed E-state index contributed by atoms with van der Waals surface area (Å²) in [6.07, 6.45) is 2.35. The van der Waals surface area contributed by atoms with E-state index in [1.165, 1.54) is 35.1 Å². The van der Waals surface area contributed by atoms with Gasteiger partial charge in [-0.25, -0.2) is 0 Å². The van der Waals surface area contributed by atoms with E-state index in [0.717, 1.165) is 0 Å². The molecule has 0 saturated heterocycles. The molecule has 1 aliphatic carbocycles. The highest BCUT2D eigenvalue weighted by molar-refractivity contribution is 5.98. The largest absolute Gasteiger partial charge is 0.435 e. The fraction of sp³-hybridized carbons (Fsp3) is 0.389. The lowest BCUT2D eigenvalue weighted by Crippen LogP contribution is -2.29. The fourth-order valence-electron chi connectivity index (χ4n) is 3.28. The summed E-state index contributed by atoms with van der Waals surface area (Å²) in [4.78, 5) is 11.8. The molecule has 4 N–H and O–H groups in total. The maximum atomic E-state index is 12.2. The van der Waals surface area contributed by atoms with Crippen molar-refractivity contribution in [3.63, 3.8) is 0 Å². The maximum absolute atomic E-state index is 12.2. The van der Waals surface area contributed by atoms with E-state index < -0.39 is 24.5 Å². The number of anilines is 2. The number of nitrogens with one attached hydrogen (secondary N) is 1. The summed E-state index contributed by atoms with van der Waals surface area (Å²) in [6.45, 7) is -2.92. The molecule has 3 atom stereocenters. The molecule has 1 amide bonds. The number of aliphatic hydroxyl groups excluding tert-OH is 1. The zero-order valence-corrected chi connectivity index (χ0v) is 14.8. The molecule has 3 rings (SSSR count). The maximum Gasteiger partial charge on any atom is 0.387 e. The van der Waals surface area contributed by atoms with Gasteiger partial charge in [-0.05, 0) is 43.5 Å². The number of hydrogen-bond acceptors (Lipinski definition) is 6.